The van der Waals surface area contributed by atoms with Crippen LogP contribution in [0.3, 0.4) is 0 Å². The number of hydrogen-bond acceptors (Lipinski definition) is 0. The predicted molar refractivity (Wildman–Crippen MR) is 57.8 cm³/mol. The van der Waals surface area contributed by atoms with Gasteiger partial charge in [-0.2, -0.15) is 0 Å². The Morgan fingerprint density at radius 1 is 1.33 bits per heavy atom. The lowest BCUT2D eigenvalue weighted by Crippen LogP contribution is -1.93. The van der Waals surface area contributed by atoms with Crippen molar-refractivity contribution in [2.75, 3.05) is 0 Å². The minimum atomic E-state index is 0.981. The van der Waals surface area contributed by atoms with Crippen LogP contribution in [-0.2, 0) is 11.8 Å². The number of halogens is 1. The van der Waals surface area contributed by atoms with E-state index in [1.54, 1.807) is 0 Å². The number of benzene rings is 1. The van der Waals surface area contributed by atoms with E-state index in [0.29, 0.717) is 0 Å². The second-order valence-electron chi connectivity index (χ2n) is 3.10. The van der Waals surface area contributed by atoms with Crippen LogP contribution in [0.4, 0.5) is 0 Å². The number of alkyl halides is 1. The van der Waals surface area contributed by atoms with Crippen molar-refractivity contribution in [2.24, 2.45) is 0 Å². The summed E-state index contributed by atoms with van der Waals surface area (Å²) < 4.78 is 0. The van der Waals surface area contributed by atoms with Gasteiger partial charge in [0.05, 0.1) is 0 Å². The van der Waals surface area contributed by atoms with Gasteiger partial charge in [-0.25, -0.2) is 0 Å². The average Bonchev–Trinajstić information content (AvgIpc) is 2.05. The molecule has 0 fully saturated rings. The zero-order valence-electron chi connectivity index (χ0n) is 7.73. The van der Waals surface area contributed by atoms with Crippen LogP contribution in [0, 0.1) is 6.92 Å². The Morgan fingerprint density at radius 2 is 2.08 bits per heavy atom. The van der Waals surface area contributed by atoms with E-state index < -0.39 is 0 Å². The molecule has 0 N–H and O–H groups in total. The summed E-state index contributed by atoms with van der Waals surface area (Å²) in [6.45, 7) is 4.40. The Hall–Kier alpha value is -0.300. The quantitative estimate of drug-likeness (QED) is 0.688. The van der Waals surface area contributed by atoms with Gasteiger partial charge < -0.3 is 0 Å². The molecule has 66 valence electrons. The van der Waals surface area contributed by atoms with Crippen molar-refractivity contribution >= 4 is 15.9 Å². The van der Waals surface area contributed by atoms with Gasteiger partial charge in [0.2, 0.25) is 0 Å². The summed E-state index contributed by atoms with van der Waals surface area (Å²) in [6, 6.07) is 6.55. The fourth-order valence-electron chi connectivity index (χ4n) is 1.46. The minimum Gasteiger partial charge on any atom is -0.0876 e. The van der Waals surface area contributed by atoms with Crippen molar-refractivity contribution in [1.82, 2.24) is 0 Å². The van der Waals surface area contributed by atoms with Crippen LogP contribution in [0.5, 0.6) is 0 Å². The predicted octanol–water partition coefficient (Wildman–Crippen LogP) is 3.84. The van der Waals surface area contributed by atoms with Crippen LogP contribution >= 0.6 is 15.9 Å². The van der Waals surface area contributed by atoms with Crippen LogP contribution in [0.1, 0.15) is 30.0 Å². The first kappa shape index (κ1) is 9.79. The van der Waals surface area contributed by atoms with E-state index in [1.807, 2.05) is 0 Å². The molecule has 0 saturated heterocycles. The lowest BCUT2D eigenvalue weighted by atomic mass is 10.0. The van der Waals surface area contributed by atoms with Crippen molar-refractivity contribution in [3.8, 4) is 0 Å². The monoisotopic (exact) mass is 226 g/mol. The Morgan fingerprint density at radius 3 is 2.67 bits per heavy atom. The molecule has 0 unspecified atom stereocenters. The highest BCUT2D eigenvalue weighted by Crippen LogP contribution is 2.18. The molecule has 12 heavy (non-hydrogen) atoms. The molecule has 0 heterocycles. The highest BCUT2D eigenvalue weighted by Gasteiger charge is 2.01. The largest absolute Gasteiger partial charge is 0.0876 e. The van der Waals surface area contributed by atoms with Gasteiger partial charge in [-0.3, -0.25) is 0 Å². The van der Waals surface area contributed by atoms with E-state index in [4.69, 9.17) is 0 Å². The van der Waals surface area contributed by atoms with Crippen LogP contribution < -0.4 is 0 Å². The topological polar surface area (TPSA) is 0 Å². The molecule has 0 aliphatic rings. The first-order valence-electron chi connectivity index (χ1n) is 4.43. The lowest BCUT2D eigenvalue weighted by molar-refractivity contribution is 0.908. The van der Waals surface area contributed by atoms with Crippen molar-refractivity contribution in [3.05, 3.63) is 34.9 Å². The van der Waals surface area contributed by atoms with Crippen molar-refractivity contribution < 1.29 is 0 Å². The van der Waals surface area contributed by atoms with Gasteiger partial charge in [-0.05, 0) is 30.0 Å². The van der Waals surface area contributed by atoms with Crippen LogP contribution in [0.25, 0.3) is 0 Å². The Balaban J connectivity index is 3.00. The number of aryl methyl sites for hydroxylation is 2. The van der Waals surface area contributed by atoms with Crippen LogP contribution in [0.2, 0.25) is 0 Å². The number of hydrogen-bond donors (Lipinski definition) is 0. The highest BCUT2D eigenvalue weighted by molar-refractivity contribution is 9.08. The maximum absolute atomic E-state index is 3.53. The molecule has 0 nitrogen and oxygen atoms in total. The molecule has 0 bridgehead atoms. The van der Waals surface area contributed by atoms with E-state index in [0.717, 1.165) is 5.33 Å². The standard InChI is InChI=1S/C11H15Br/c1-3-5-10-7-4-6-9(2)11(10)8-12/h4,6-7H,3,5,8H2,1-2H3. The molecule has 0 aliphatic heterocycles. The molecule has 1 aromatic carbocycles. The van der Waals surface area contributed by atoms with Crippen molar-refractivity contribution in [3.63, 3.8) is 0 Å². The minimum absolute atomic E-state index is 0.981. The maximum atomic E-state index is 3.53. The van der Waals surface area contributed by atoms with Gasteiger partial charge in [0.1, 0.15) is 0 Å². The zero-order chi connectivity index (χ0) is 8.97. The fourth-order valence-corrected chi connectivity index (χ4v) is 2.26. The molecular weight excluding hydrogens is 212 g/mol. The first-order valence-corrected chi connectivity index (χ1v) is 5.55. The van der Waals surface area contributed by atoms with Gasteiger partial charge >= 0.3 is 0 Å². The third-order valence-electron chi connectivity index (χ3n) is 2.16. The molecule has 1 rings (SSSR count). The summed E-state index contributed by atoms with van der Waals surface area (Å²) in [5.41, 5.74) is 4.37. The van der Waals surface area contributed by atoms with E-state index in [2.05, 4.69) is 48.0 Å². The average molecular weight is 227 g/mol. The van der Waals surface area contributed by atoms with Crippen molar-refractivity contribution in [1.29, 1.82) is 0 Å². The normalized spacial score (nSPS) is 10.2. The van der Waals surface area contributed by atoms with Gasteiger partial charge in [0.25, 0.3) is 0 Å². The Bertz CT molecular complexity index is 253. The molecule has 0 aromatic heterocycles. The highest BCUT2D eigenvalue weighted by atomic mass is 79.9. The summed E-state index contributed by atoms with van der Waals surface area (Å²) in [4.78, 5) is 0. The lowest BCUT2D eigenvalue weighted by Gasteiger charge is -2.08. The van der Waals surface area contributed by atoms with Crippen LogP contribution in [-0.4, -0.2) is 0 Å². The smallest absolute Gasteiger partial charge is 0.0288 e. The van der Waals surface area contributed by atoms with Crippen molar-refractivity contribution in [2.45, 2.75) is 32.0 Å². The summed E-state index contributed by atoms with van der Waals surface area (Å²) >= 11 is 3.53. The third-order valence-corrected chi connectivity index (χ3v) is 2.72. The summed E-state index contributed by atoms with van der Waals surface area (Å²) in [5, 5.41) is 0.981. The van der Waals surface area contributed by atoms with Gasteiger partial charge in [-0.1, -0.05) is 47.5 Å². The molecule has 0 spiro atoms. The zero-order valence-corrected chi connectivity index (χ0v) is 9.32. The van der Waals surface area contributed by atoms with Gasteiger partial charge in [0.15, 0.2) is 0 Å². The molecule has 0 saturated carbocycles. The second kappa shape index (κ2) is 4.66. The van der Waals surface area contributed by atoms with Gasteiger partial charge in [0, 0.05) is 5.33 Å². The van der Waals surface area contributed by atoms with E-state index in [-0.39, 0.29) is 0 Å². The van der Waals surface area contributed by atoms with E-state index >= 15 is 0 Å². The van der Waals surface area contributed by atoms with Crippen LogP contribution in [0.15, 0.2) is 18.2 Å². The SMILES string of the molecule is CCCc1cccc(C)c1CBr. The molecule has 1 heteroatoms. The molecule has 0 amide bonds. The van der Waals surface area contributed by atoms with E-state index in [9.17, 15) is 0 Å². The fraction of sp³-hybridized carbons (Fsp3) is 0.455. The molecule has 0 atom stereocenters. The second-order valence-corrected chi connectivity index (χ2v) is 3.66. The Kier molecular flexibility index (Phi) is 3.80. The Labute approximate surface area is 83.1 Å². The summed E-state index contributed by atoms with van der Waals surface area (Å²) in [6.07, 6.45) is 2.42. The molecule has 1 aromatic rings. The van der Waals surface area contributed by atoms with E-state index in [1.165, 1.54) is 29.5 Å². The summed E-state index contributed by atoms with van der Waals surface area (Å²) in [7, 11) is 0. The molecular formula is C11H15Br. The third kappa shape index (κ3) is 2.10. The molecule has 0 radical (unpaired) electrons. The first-order chi connectivity index (χ1) is 5.79. The summed E-state index contributed by atoms with van der Waals surface area (Å²) in [5.74, 6) is 0. The molecule has 0 aliphatic carbocycles. The van der Waals surface area contributed by atoms with Gasteiger partial charge in [-0.15, -0.1) is 0 Å². The maximum Gasteiger partial charge on any atom is 0.0288 e. The number of rotatable bonds is 3.